The summed E-state index contributed by atoms with van der Waals surface area (Å²) >= 11 is 1.87. The van der Waals surface area contributed by atoms with Crippen LogP contribution in [0.4, 0.5) is 24.5 Å². The predicted octanol–water partition coefficient (Wildman–Crippen LogP) is 5.38. The molecule has 3 atom stereocenters. The van der Waals surface area contributed by atoms with Gasteiger partial charge in [0.15, 0.2) is 0 Å². The molecule has 3 aromatic carbocycles. The minimum absolute atomic E-state index is 0.00200. The number of aromatic nitrogens is 1. The first-order valence-electron chi connectivity index (χ1n) is 13.0. The van der Waals surface area contributed by atoms with Crippen molar-refractivity contribution < 1.29 is 32.7 Å². The first kappa shape index (κ1) is 28.7. The van der Waals surface area contributed by atoms with Gasteiger partial charge >= 0.3 is 11.0 Å². The zero-order valence-corrected chi connectivity index (χ0v) is 23.9. The second kappa shape index (κ2) is 10.7. The summed E-state index contributed by atoms with van der Waals surface area (Å²) < 4.78 is 40.6. The molecular formula is C30H22F3N3O5S2. The third-order valence-corrected chi connectivity index (χ3v) is 9.97. The Balaban J connectivity index is 1.37. The number of phenolic OH excluding ortho intramolecular Hbond substituents is 1. The van der Waals surface area contributed by atoms with E-state index in [1.54, 1.807) is 36.4 Å². The Kier molecular flexibility index (Phi) is 7.17. The van der Waals surface area contributed by atoms with Crippen molar-refractivity contribution in [2.75, 3.05) is 10.2 Å². The number of alkyl halides is 3. The zero-order valence-electron chi connectivity index (χ0n) is 22.3. The van der Waals surface area contributed by atoms with E-state index >= 15 is 0 Å². The number of amides is 3. The van der Waals surface area contributed by atoms with Crippen molar-refractivity contribution in [3.05, 3.63) is 104 Å². The van der Waals surface area contributed by atoms with Crippen molar-refractivity contribution in [3.63, 3.8) is 0 Å². The summed E-state index contributed by atoms with van der Waals surface area (Å²) in [6.07, 6.45) is -4.60. The van der Waals surface area contributed by atoms with E-state index in [4.69, 9.17) is 0 Å². The van der Waals surface area contributed by atoms with Crippen LogP contribution in [-0.2, 0) is 27.1 Å². The van der Waals surface area contributed by atoms with E-state index in [1.165, 1.54) is 22.8 Å². The van der Waals surface area contributed by atoms with Gasteiger partial charge in [-0.15, -0.1) is 0 Å². The molecule has 1 saturated heterocycles. The van der Waals surface area contributed by atoms with Gasteiger partial charge in [0.25, 0.3) is 0 Å². The predicted molar refractivity (Wildman–Crippen MR) is 155 cm³/mol. The summed E-state index contributed by atoms with van der Waals surface area (Å²) in [6, 6.07) is 17.3. The molecule has 2 aliphatic heterocycles. The van der Waals surface area contributed by atoms with Crippen LogP contribution in [-0.4, -0.2) is 32.6 Å². The fourth-order valence-corrected chi connectivity index (χ4v) is 8.14. The van der Waals surface area contributed by atoms with E-state index in [0.29, 0.717) is 21.2 Å². The molecule has 2 aliphatic rings. The number of imide groups is 1. The van der Waals surface area contributed by atoms with Crippen molar-refractivity contribution >= 4 is 52.2 Å². The second-order valence-corrected chi connectivity index (χ2v) is 12.4. The van der Waals surface area contributed by atoms with E-state index in [-0.39, 0.29) is 11.4 Å². The number of fused-ring (bicyclic) bond motifs is 2. The molecule has 0 unspecified atom stereocenters. The molecule has 0 bridgehead atoms. The lowest BCUT2D eigenvalue weighted by molar-refractivity contribution is -0.137. The van der Waals surface area contributed by atoms with Crippen molar-refractivity contribution in [1.82, 2.24) is 4.57 Å². The van der Waals surface area contributed by atoms with Gasteiger partial charge in [0, 0.05) is 16.5 Å². The number of phenols is 1. The molecule has 2 N–H and O–H groups in total. The van der Waals surface area contributed by atoms with Crippen molar-refractivity contribution in [3.8, 4) is 5.75 Å². The maximum Gasteiger partial charge on any atom is 0.416 e. The quantitative estimate of drug-likeness (QED) is 0.289. The van der Waals surface area contributed by atoms with Crippen LogP contribution in [0.3, 0.4) is 0 Å². The molecule has 3 heterocycles. The maximum absolute atomic E-state index is 13.9. The standard InChI is InChI=1S/C30H22F3N3O5S2/c1-15-5-9-19(10-6-15)36-26(39)23-22(16-7-11-20(37)12-8-16)25-28(42-24(23)27(36)40)35(29(41)43-25)14-21(38)34-18-4-2-3-17(13-18)30(31,32)33/h2-13,22-24,37H,14H2,1H3,(H,34,38)/t22-,23+,24-/m0/s1. The number of nitrogens with one attached hydrogen (secondary N) is 1. The van der Waals surface area contributed by atoms with Crippen molar-refractivity contribution in [2.24, 2.45) is 5.92 Å². The Hall–Kier alpha value is -4.36. The van der Waals surface area contributed by atoms with Crippen LogP contribution in [0.2, 0.25) is 0 Å². The third kappa shape index (κ3) is 5.23. The Morgan fingerprint density at radius 2 is 1.67 bits per heavy atom. The van der Waals surface area contributed by atoms with Gasteiger partial charge < -0.3 is 10.4 Å². The Morgan fingerprint density at radius 1 is 0.977 bits per heavy atom. The SMILES string of the molecule is Cc1ccc(N2C(=O)[C@@H]3[C@H](c4ccc(O)cc4)c4sc(=O)n(CC(=O)Nc5cccc(C(F)(F)F)c5)c4S[C@@H]3C2=O)cc1. The molecule has 4 aromatic rings. The lowest BCUT2D eigenvalue weighted by atomic mass is 9.83. The molecule has 8 nitrogen and oxygen atoms in total. The highest BCUT2D eigenvalue weighted by atomic mass is 32.2. The molecule has 0 spiro atoms. The number of nitrogens with zero attached hydrogens (tertiary/aromatic N) is 2. The third-order valence-electron chi connectivity index (χ3n) is 7.37. The number of hydrogen-bond acceptors (Lipinski definition) is 7. The van der Waals surface area contributed by atoms with Crippen molar-refractivity contribution in [2.45, 2.75) is 35.8 Å². The van der Waals surface area contributed by atoms with Gasteiger partial charge in [0.05, 0.1) is 22.2 Å². The van der Waals surface area contributed by atoms with Gasteiger partial charge in [-0.05, 0) is 55.0 Å². The number of aryl methyl sites for hydroxylation is 1. The minimum Gasteiger partial charge on any atom is -0.508 e. The number of rotatable bonds is 5. The number of carbonyl (C=O) groups excluding carboxylic acids is 3. The normalized spacial score (nSPS) is 19.7. The summed E-state index contributed by atoms with van der Waals surface area (Å²) in [5, 5.41) is 11.7. The van der Waals surface area contributed by atoms with Crippen LogP contribution in [0.25, 0.3) is 0 Å². The average Bonchev–Trinajstić information content (AvgIpc) is 3.40. The number of thiazole rings is 1. The number of hydrogen-bond donors (Lipinski definition) is 2. The van der Waals surface area contributed by atoms with Crippen LogP contribution < -0.4 is 15.1 Å². The van der Waals surface area contributed by atoms with Crippen LogP contribution in [0, 0.1) is 12.8 Å². The van der Waals surface area contributed by atoms with Crippen LogP contribution >= 0.6 is 23.1 Å². The Bertz CT molecular complexity index is 1820. The van der Waals surface area contributed by atoms with Crippen LogP contribution in [0.1, 0.15) is 27.5 Å². The lowest BCUT2D eigenvalue weighted by Gasteiger charge is -2.30. The number of anilines is 2. The Labute approximate surface area is 250 Å². The van der Waals surface area contributed by atoms with E-state index < -0.39 is 58.0 Å². The van der Waals surface area contributed by atoms with Gasteiger partial charge in [-0.2, -0.15) is 13.2 Å². The fraction of sp³-hybridized carbons (Fsp3) is 0.200. The molecule has 6 rings (SSSR count). The highest BCUT2D eigenvalue weighted by Crippen LogP contribution is 2.54. The molecule has 0 radical (unpaired) electrons. The smallest absolute Gasteiger partial charge is 0.416 e. The van der Waals surface area contributed by atoms with E-state index in [9.17, 15) is 37.5 Å². The zero-order chi connectivity index (χ0) is 30.6. The van der Waals surface area contributed by atoms with E-state index in [1.807, 2.05) is 6.92 Å². The topological polar surface area (TPSA) is 109 Å². The summed E-state index contributed by atoms with van der Waals surface area (Å²) in [6.45, 7) is 1.37. The molecule has 43 heavy (non-hydrogen) atoms. The molecule has 220 valence electrons. The van der Waals surface area contributed by atoms with Crippen molar-refractivity contribution in [1.29, 1.82) is 0 Å². The van der Waals surface area contributed by atoms with Gasteiger partial charge in [0.2, 0.25) is 17.7 Å². The average molecular weight is 626 g/mol. The van der Waals surface area contributed by atoms with Crippen LogP contribution in [0.15, 0.2) is 82.6 Å². The minimum atomic E-state index is -4.60. The number of aromatic hydroxyl groups is 1. The molecular weight excluding hydrogens is 603 g/mol. The highest BCUT2D eigenvalue weighted by Gasteiger charge is 2.56. The Morgan fingerprint density at radius 3 is 2.35 bits per heavy atom. The summed E-state index contributed by atoms with van der Waals surface area (Å²) in [4.78, 5) is 55.0. The lowest BCUT2D eigenvalue weighted by Crippen LogP contribution is -2.33. The molecule has 1 aromatic heterocycles. The first-order valence-corrected chi connectivity index (χ1v) is 14.7. The summed E-state index contributed by atoms with van der Waals surface area (Å²) in [5.41, 5.74) is 0.948. The van der Waals surface area contributed by atoms with Gasteiger partial charge in [-0.1, -0.05) is 59.0 Å². The molecule has 3 amide bonds. The van der Waals surface area contributed by atoms with E-state index in [2.05, 4.69) is 5.32 Å². The fourth-order valence-electron chi connectivity index (χ4n) is 5.36. The first-order chi connectivity index (χ1) is 20.4. The van der Waals surface area contributed by atoms with Gasteiger partial charge in [0.1, 0.15) is 17.5 Å². The molecule has 0 aliphatic carbocycles. The highest BCUT2D eigenvalue weighted by molar-refractivity contribution is 8.00. The number of halogens is 3. The molecule has 1 fully saturated rings. The summed E-state index contributed by atoms with van der Waals surface area (Å²) in [7, 11) is 0. The maximum atomic E-state index is 13.9. The monoisotopic (exact) mass is 625 g/mol. The second-order valence-electron chi connectivity index (χ2n) is 10.2. The van der Waals surface area contributed by atoms with E-state index in [0.717, 1.165) is 51.8 Å². The van der Waals surface area contributed by atoms with Crippen LogP contribution in [0.5, 0.6) is 5.75 Å². The largest absolute Gasteiger partial charge is 0.508 e. The van der Waals surface area contributed by atoms with Gasteiger partial charge in [-0.3, -0.25) is 23.7 Å². The number of benzene rings is 3. The van der Waals surface area contributed by atoms with Gasteiger partial charge in [-0.25, -0.2) is 4.90 Å². The number of thioether (sulfide) groups is 1. The molecule has 0 saturated carbocycles. The summed E-state index contributed by atoms with van der Waals surface area (Å²) in [5.74, 6) is -3.21. The number of carbonyl (C=O) groups is 3. The molecule has 13 heteroatoms.